The molecule has 0 aliphatic heterocycles. The third kappa shape index (κ3) is 5.19. The smallest absolute Gasteiger partial charge is 0.211 e. The van der Waals surface area contributed by atoms with Crippen molar-refractivity contribution in [1.82, 2.24) is 4.72 Å². The highest BCUT2D eigenvalue weighted by Crippen LogP contribution is 2.10. The maximum Gasteiger partial charge on any atom is 0.240 e. The molecular formula is C14H23NO2S. The van der Waals surface area contributed by atoms with Crippen LogP contribution in [-0.2, 0) is 10.0 Å². The second kappa shape index (κ2) is 7.54. The molecule has 0 amide bonds. The van der Waals surface area contributed by atoms with Gasteiger partial charge in [-0.3, -0.25) is 0 Å². The maximum absolute atomic E-state index is 11.9. The molecule has 0 aliphatic carbocycles. The molecule has 0 spiro atoms. The van der Waals surface area contributed by atoms with E-state index in [1.54, 1.807) is 12.1 Å². The molecule has 1 aromatic rings. The van der Waals surface area contributed by atoms with Gasteiger partial charge in [-0.05, 0) is 25.5 Å². The van der Waals surface area contributed by atoms with Gasteiger partial charge in [0.1, 0.15) is 0 Å². The highest BCUT2D eigenvalue weighted by Gasteiger charge is 2.12. The van der Waals surface area contributed by atoms with Crippen LogP contribution in [0.4, 0.5) is 0 Å². The summed E-state index contributed by atoms with van der Waals surface area (Å²) in [6, 6.07) is 6.93. The number of sulfonamides is 1. The van der Waals surface area contributed by atoms with Crippen LogP contribution in [0.25, 0.3) is 0 Å². The zero-order valence-electron chi connectivity index (χ0n) is 11.3. The van der Waals surface area contributed by atoms with Gasteiger partial charge >= 0.3 is 0 Å². The van der Waals surface area contributed by atoms with Crippen molar-refractivity contribution in [2.24, 2.45) is 0 Å². The van der Waals surface area contributed by atoms with Gasteiger partial charge in [0, 0.05) is 6.54 Å². The summed E-state index contributed by atoms with van der Waals surface area (Å²) < 4.78 is 26.5. The lowest BCUT2D eigenvalue weighted by molar-refractivity contribution is 0.571. The molecule has 0 bridgehead atoms. The molecule has 1 aromatic carbocycles. The van der Waals surface area contributed by atoms with Crippen LogP contribution in [0.15, 0.2) is 29.2 Å². The number of benzene rings is 1. The van der Waals surface area contributed by atoms with Crippen LogP contribution in [0.5, 0.6) is 0 Å². The van der Waals surface area contributed by atoms with E-state index in [1.807, 2.05) is 19.1 Å². The van der Waals surface area contributed by atoms with E-state index >= 15 is 0 Å². The molecule has 3 nitrogen and oxygen atoms in total. The maximum atomic E-state index is 11.9. The molecule has 0 saturated heterocycles. The fourth-order valence-corrected chi connectivity index (χ4v) is 2.81. The molecule has 0 saturated carbocycles. The predicted octanol–water partition coefficient (Wildman–Crippen LogP) is 3.24. The Hall–Kier alpha value is -0.870. The summed E-state index contributed by atoms with van der Waals surface area (Å²) in [4.78, 5) is 0.349. The van der Waals surface area contributed by atoms with Crippen LogP contribution >= 0.6 is 0 Å². The van der Waals surface area contributed by atoms with Crippen LogP contribution in [0.1, 0.15) is 44.6 Å². The van der Waals surface area contributed by atoms with E-state index in [1.165, 1.54) is 19.3 Å². The van der Waals surface area contributed by atoms with Gasteiger partial charge in [-0.1, -0.05) is 50.3 Å². The second-order valence-corrected chi connectivity index (χ2v) is 6.39. The van der Waals surface area contributed by atoms with Gasteiger partial charge in [-0.25, -0.2) is 13.1 Å². The molecule has 0 atom stereocenters. The normalized spacial score (nSPS) is 11.7. The van der Waals surface area contributed by atoms with Gasteiger partial charge in [-0.2, -0.15) is 0 Å². The summed E-state index contributed by atoms with van der Waals surface area (Å²) in [7, 11) is -3.32. The van der Waals surface area contributed by atoms with Crippen LogP contribution in [0.3, 0.4) is 0 Å². The largest absolute Gasteiger partial charge is 0.240 e. The van der Waals surface area contributed by atoms with Gasteiger partial charge in [0.2, 0.25) is 10.0 Å². The zero-order chi connectivity index (χ0) is 13.4. The molecule has 0 aromatic heterocycles. The van der Waals surface area contributed by atoms with Crippen molar-refractivity contribution in [3.8, 4) is 0 Å². The molecule has 0 aliphatic rings. The van der Waals surface area contributed by atoms with Crippen LogP contribution in [-0.4, -0.2) is 15.0 Å². The minimum atomic E-state index is -3.32. The van der Waals surface area contributed by atoms with Crippen molar-refractivity contribution < 1.29 is 8.42 Å². The van der Waals surface area contributed by atoms with Gasteiger partial charge in [0.05, 0.1) is 4.90 Å². The molecule has 0 unspecified atom stereocenters. The Morgan fingerprint density at radius 1 is 1.00 bits per heavy atom. The van der Waals surface area contributed by atoms with Crippen molar-refractivity contribution in [3.05, 3.63) is 29.8 Å². The highest BCUT2D eigenvalue weighted by molar-refractivity contribution is 7.89. The lowest BCUT2D eigenvalue weighted by Gasteiger charge is -2.06. The van der Waals surface area contributed by atoms with Gasteiger partial charge in [0.25, 0.3) is 0 Å². The zero-order valence-corrected chi connectivity index (χ0v) is 12.1. The molecule has 0 radical (unpaired) electrons. The molecular weight excluding hydrogens is 246 g/mol. The van der Waals surface area contributed by atoms with Crippen LogP contribution in [0.2, 0.25) is 0 Å². The standard InChI is InChI=1S/C14H23NO2S/c1-3-4-5-6-7-12-15-18(16,17)14-10-8-13(2)9-11-14/h8-11,15H,3-7,12H2,1-2H3. The number of hydrogen-bond donors (Lipinski definition) is 1. The van der Waals surface area contributed by atoms with Crippen molar-refractivity contribution in [2.45, 2.75) is 50.8 Å². The molecule has 102 valence electrons. The van der Waals surface area contributed by atoms with E-state index in [2.05, 4.69) is 11.6 Å². The predicted molar refractivity (Wildman–Crippen MR) is 75.1 cm³/mol. The summed E-state index contributed by atoms with van der Waals surface area (Å²) in [5.41, 5.74) is 1.06. The number of rotatable bonds is 8. The molecule has 4 heteroatoms. The molecule has 1 rings (SSSR count). The number of unbranched alkanes of at least 4 members (excludes halogenated alkanes) is 4. The molecule has 18 heavy (non-hydrogen) atoms. The Kier molecular flexibility index (Phi) is 6.36. The van der Waals surface area contributed by atoms with E-state index in [4.69, 9.17) is 0 Å². The first-order valence-electron chi connectivity index (χ1n) is 6.62. The van der Waals surface area contributed by atoms with Crippen LogP contribution in [0, 0.1) is 6.92 Å². The first-order valence-corrected chi connectivity index (χ1v) is 8.11. The second-order valence-electron chi connectivity index (χ2n) is 4.63. The quantitative estimate of drug-likeness (QED) is 0.736. The number of hydrogen-bond acceptors (Lipinski definition) is 2. The van der Waals surface area contributed by atoms with Crippen molar-refractivity contribution in [1.29, 1.82) is 0 Å². The average molecular weight is 269 g/mol. The Balaban J connectivity index is 2.38. The Bertz CT molecular complexity index is 437. The lowest BCUT2D eigenvalue weighted by Crippen LogP contribution is -2.24. The minimum absolute atomic E-state index is 0.349. The van der Waals surface area contributed by atoms with Gasteiger partial charge < -0.3 is 0 Å². The highest BCUT2D eigenvalue weighted by atomic mass is 32.2. The minimum Gasteiger partial charge on any atom is -0.211 e. The topological polar surface area (TPSA) is 46.2 Å². The molecule has 1 N–H and O–H groups in total. The van der Waals surface area contributed by atoms with Crippen molar-refractivity contribution in [2.75, 3.05) is 6.54 Å². The fourth-order valence-electron chi connectivity index (χ4n) is 1.74. The Morgan fingerprint density at radius 3 is 2.22 bits per heavy atom. The van der Waals surface area contributed by atoms with Crippen LogP contribution < -0.4 is 4.72 Å². The van der Waals surface area contributed by atoms with Gasteiger partial charge in [0.15, 0.2) is 0 Å². The van der Waals surface area contributed by atoms with Crippen molar-refractivity contribution >= 4 is 10.0 Å². The molecule has 0 fully saturated rings. The Labute approximate surface area is 111 Å². The van der Waals surface area contributed by atoms with E-state index in [9.17, 15) is 8.42 Å². The van der Waals surface area contributed by atoms with E-state index < -0.39 is 10.0 Å². The first kappa shape index (κ1) is 15.2. The van der Waals surface area contributed by atoms with E-state index in [-0.39, 0.29) is 0 Å². The Morgan fingerprint density at radius 2 is 1.61 bits per heavy atom. The first-order chi connectivity index (χ1) is 8.56. The van der Waals surface area contributed by atoms with E-state index in [0.717, 1.165) is 18.4 Å². The van der Waals surface area contributed by atoms with Gasteiger partial charge in [-0.15, -0.1) is 0 Å². The molecule has 0 heterocycles. The SMILES string of the molecule is CCCCCCCNS(=O)(=O)c1ccc(C)cc1. The summed E-state index contributed by atoms with van der Waals surface area (Å²) in [6.07, 6.45) is 5.61. The third-order valence-corrected chi connectivity index (χ3v) is 4.38. The van der Waals surface area contributed by atoms with Crippen molar-refractivity contribution in [3.63, 3.8) is 0 Å². The lowest BCUT2D eigenvalue weighted by atomic mass is 10.2. The van der Waals surface area contributed by atoms with E-state index in [0.29, 0.717) is 11.4 Å². The third-order valence-electron chi connectivity index (χ3n) is 2.90. The average Bonchev–Trinajstić information content (AvgIpc) is 2.34. The summed E-state index contributed by atoms with van der Waals surface area (Å²) >= 11 is 0. The summed E-state index contributed by atoms with van der Waals surface area (Å²) in [5, 5.41) is 0. The number of aryl methyl sites for hydroxylation is 1. The number of nitrogens with one attached hydrogen (secondary N) is 1. The summed E-state index contributed by atoms with van der Waals surface area (Å²) in [6.45, 7) is 4.64. The fraction of sp³-hybridized carbons (Fsp3) is 0.571. The summed E-state index contributed by atoms with van der Waals surface area (Å²) in [5.74, 6) is 0. The monoisotopic (exact) mass is 269 g/mol.